The Kier molecular flexibility index (Phi) is 6.19. The fourth-order valence-electron chi connectivity index (χ4n) is 4.43. The van der Waals surface area contributed by atoms with Gasteiger partial charge in [0, 0.05) is 13.1 Å². The van der Waals surface area contributed by atoms with Crippen molar-refractivity contribution in [2.24, 2.45) is 0 Å². The smallest absolute Gasteiger partial charge is 0.00222 e. The standard InChI is InChI=1S/C22H29NP2/c1-3-9-19(10-4-1)24-15-7-13-21(24)17-23-18-22-14-8-16-25(22)20-11-5-2-6-12-20/h1-6,9-12,21-23H,7-8,13-18H2/t21-,22-,24-,25+/m1/s1. The van der Waals surface area contributed by atoms with E-state index in [1.807, 2.05) is 0 Å². The van der Waals surface area contributed by atoms with Crippen molar-refractivity contribution in [3.63, 3.8) is 0 Å². The Hall–Kier alpha value is -0.740. The van der Waals surface area contributed by atoms with Crippen LogP contribution in [0.1, 0.15) is 25.7 Å². The molecule has 132 valence electrons. The molecule has 4 atom stereocenters. The van der Waals surface area contributed by atoms with Crippen molar-refractivity contribution in [3.05, 3.63) is 60.7 Å². The molecule has 0 spiro atoms. The van der Waals surface area contributed by atoms with Gasteiger partial charge in [0.1, 0.15) is 0 Å². The SMILES string of the molecule is c1ccc([P@@]2CCC[C@@H]2CNC[C@H]2CCC[P@@]2c2ccccc2)cc1. The maximum atomic E-state index is 3.90. The molecule has 0 aromatic heterocycles. The van der Waals surface area contributed by atoms with E-state index in [0.717, 1.165) is 11.3 Å². The van der Waals surface area contributed by atoms with E-state index in [1.165, 1.54) is 51.1 Å². The van der Waals surface area contributed by atoms with Gasteiger partial charge in [0.15, 0.2) is 0 Å². The summed E-state index contributed by atoms with van der Waals surface area (Å²) in [7, 11) is 0.121. The summed E-state index contributed by atoms with van der Waals surface area (Å²) in [6.07, 6.45) is 8.56. The monoisotopic (exact) mass is 369 g/mol. The zero-order valence-corrected chi connectivity index (χ0v) is 16.8. The third-order valence-electron chi connectivity index (χ3n) is 5.69. The Labute approximate surface area is 155 Å². The molecule has 2 aromatic rings. The second kappa shape index (κ2) is 8.77. The first kappa shape index (κ1) is 17.7. The van der Waals surface area contributed by atoms with Crippen molar-refractivity contribution < 1.29 is 0 Å². The molecule has 0 aliphatic carbocycles. The molecule has 0 saturated carbocycles. The van der Waals surface area contributed by atoms with Gasteiger partial charge in [0.05, 0.1) is 0 Å². The van der Waals surface area contributed by atoms with Gasteiger partial charge in [-0.3, -0.25) is 0 Å². The minimum absolute atomic E-state index is 0.0605. The molecule has 3 heteroatoms. The Morgan fingerprint density at radius 3 is 1.56 bits per heavy atom. The number of rotatable bonds is 6. The van der Waals surface area contributed by atoms with Crippen molar-refractivity contribution in [1.29, 1.82) is 0 Å². The van der Waals surface area contributed by atoms with E-state index in [0.29, 0.717) is 0 Å². The highest BCUT2D eigenvalue weighted by atomic mass is 31.1. The highest BCUT2D eigenvalue weighted by Crippen LogP contribution is 2.50. The molecular weight excluding hydrogens is 340 g/mol. The lowest BCUT2D eigenvalue weighted by atomic mass is 10.2. The lowest BCUT2D eigenvalue weighted by Gasteiger charge is -2.24. The van der Waals surface area contributed by atoms with Crippen LogP contribution in [0, 0.1) is 0 Å². The van der Waals surface area contributed by atoms with E-state index in [1.54, 1.807) is 10.6 Å². The second-order valence-corrected chi connectivity index (χ2v) is 12.6. The fourth-order valence-corrected chi connectivity index (χ4v) is 10.4. The van der Waals surface area contributed by atoms with Crippen LogP contribution in [-0.2, 0) is 0 Å². The molecule has 2 heterocycles. The Bertz CT molecular complexity index is 588. The summed E-state index contributed by atoms with van der Waals surface area (Å²) in [5.74, 6) is 0. The van der Waals surface area contributed by atoms with Crippen LogP contribution in [0.25, 0.3) is 0 Å². The molecule has 2 aliphatic heterocycles. The molecule has 0 unspecified atom stereocenters. The van der Waals surface area contributed by atoms with Gasteiger partial charge in [-0.1, -0.05) is 76.5 Å². The maximum absolute atomic E-state index is 3.90. The van der Waals surface area contributed by atoms with Gasteiger partial charge < -0.3 is 5.32 Å². The molecule has 0 bridgehead atoms. The van der Waals surface area contributed by atoms with E-state index in [-0.39, 0.29) is 15.8 Å². The number of nitrogens with one attached hydrogen (secondary N) is 1. The van der Waals surface area contributed by atoms with E-state index >= 15 is 0 Å². The first-order valence-corrected chi connectivity index (χ1v) is 12.9. The zero-order valence-electron chi connectivity index (χ0n) is 15.0. The zero-order chi connectivity index (χ0) is 16.9. The Morgan fingerprint density at radius 1 is 0.680 bits per heavy atom. The van der Waals surface area contributed by atoms with Crippen LogP contribution < -0.4 is 15.9 Å². The van der Waals surface area contributed by atoms with Crippen molar-refractivity contribution in [1.82, 2.24) is 5.32 Å². The highest BCUT2D eigenvalue weighted by Gasteiger charge is 2.30. The van der Waals surface area contributed by atoms with Gasteiger partial charge in [0.25, 0.3) is 0 Å². The molecule has 4 rings (SSSR count). The van der Waals surface area contributed by atoms with E-state index in [2.05, 4.69) is 66.0 Å². The number of hydrogen-bond donors (Lipinski definition) is 1. The number of benzene rings is 2. The normalized spacial score (nSPS) is 29.1. The van der Waals surface area contributed by atoms with Crippen molar-refractivity contribution in [2.45, 2.75) is 37.0 Å². The minimum atomic E-state index is 0.0605. The average molecular weight is 369 g/mol. The summed E-state index contributed by atoms with van der Waals surface area (Å²) in [5.41, 5.74) is 1.78. The minimum Gasteiger partial charge on any atom is -0.315 e. The van der Waals surface area contributed by atoms with Gasteiger partial charge in [-0.2, -0.15) is 0 Å². The van der Waals surface area contributed by atoms with Gasteiger partial charge in [-0.25, -0.2) is 0 Å². The first-order chi connectivity index (χ1) is 12.4. The summed E-state index contributed by atoms with van der Waals surface area (Å²) < 4.78 is 0. The van der Waals surface area contributed by atoms with Gasteiger partial charge in [-0.05, 0) is 59.9 Å². The van der Waals surface area contributed by atoms with E-state index in [9.17, 15) is 0 Å². The van der Waals surface area contributed by atoms with E-state index < -0.39 is 0 Å². The molecule has 0 radical (unpaired) electrons. The predicted molar refractivity (Wildman–Crippen MR) is 115 cm³/mol. The molecule has 1 N–H and O–H groups in total. The van der Waals surface area contributed by atoms with Crippen molar-refractivity contribution in [2.75, 3.05) is 25.4 Å². The first-order valence-electron chi connectivity index (χ1n) is 9.76. The van der Waals surface area contributed by atoms with Gasteiger partial charge in [0.2, 0.25) is 0 Å². The molecule has 25 heavy (non-hydrogen) atoms. The van der Waals surface area contributed by atoms with Crippen LogP contribution in [0.4, 0.5) is 0 Å². The molecule has 2 saturated heterocycles. The number of hydrogen-bond acceptors (Lipinski definition) is 1. The predicted octanol–water partition coefficient (Wildman–Crippen LogP) is 4.52. The molecule has 0 amide bonds. The lowest BCUT2D eigenvalue weighted by molar-refractivity contribution is 0.616. The molecule has 2 aliphatic rings. The van der Waals surface area contributed by atoms with Crippen LogP contribution >= 0.6 is 15.8 Å². The second-order valence-electron chi connectivity index (χ2n) is 7.31. The Morgan fingerprint density at radius 2 is 1.12 bits per heavy atom. The lowest BCUT2D eigenvalue weighted by Crippen LogP contribution is -2.32. The third-order valence-corrected chi connectivity index (χ3v) is 11.9. The molecule has 2 aromatic carbocycles. The van der Waals surface area contributed by atoms with Gasteiger partial charge in [-0.15, -0.1) is 0 Å². The van der Waals surface area contributed by atoms with Crippen LogP contribution in [0.15, 0.2) is 60.7 Å². The Balaban J connectivity index is 1.31. The summed E-state index contributed by atoms with van der Waals surface area (Å²) in [4.78, 5) is 0. The van der Waals surface area contributed by atoms with Gasteiger partial charge >= 0.3 is 0 Å². The maximum Gasteiger partial charge on any atom is 0.00222 e. The molecule has 1 nitrogen and oxygen atoms in total. The average Bonchev–Trinajstić information content (AvgIpc) is 3.33. The van der Waals surface area contributed by atoms with Crippen LogP contribution in [0.2, 0.25) is 0 Å². The molecule has 2 fully saturated rings. The summed E-state index contributed by atoms with van der Waals surface area (Å²) in [5, 5.41) is 7.14. The van der Waals surface area contributed by atoms with Crippen LogP contribution in [0.5, 0.6) is 0 Å². The molecular formula is C22H29NP2. The summed E-state index contributed by atoms with van der Waals surface area (Å²) in [6, 6.07) is 22.6. The highest BCUT2D eigenvalue weighted by molar-refractivity contribution is 7.67. The third kappa shape index (κ3) is 4.33. The quantitative estimate of drug-likeness (QED) is 0.739. The van der Waals surface area contributed by atoms with Crippen molar-refractivity contribution in [3.8, 4) is 0 Å². The fraction of sp³-hybridized carbons (Fsp3) is 0.455. The van der Waals surface area contributed by atoms with Crippen LogP contribution in [-0.4, -0.2) is 36.7 Å². The van der Waals surface area contributed by atoms with Crippen molar-refractivity contribution >= 4 is 26.5 Å². The van der Waals surface area contributed by atoms with Crippen LogP contribution in [0.3, 0.4) is 0 Å². The largest absolute Gasteiger partial charge is 0.315 e. The summed E-state index contributed by atoms with van der Waals surface area (Å²) >= 11 is 0. The summed E-state index contributed by atoms with van der Waals surface area (Å²) in [6.45, 7) is 2.46. The van der Waals surface area contributed by atoms with E-state index in [4.69, 9.17) is 0 Å². The topological polar surface area (TPSA) is 12.0 Å².